The Bertz CT molecular complexity index is 435. The Morgan fingerprint density at radius 1 is 1.37 bits per heavy atom. The lowest BCUT2D eigenvalue weighted by Crippen LogP contribution is -2.36. The fraction of sp³-hybridized carbons (Fsp3) is 0.500. The van der Waals surface area contributed by atoms with Crippen molar-refractivity contribution in [1.82, 2.24) is 9.80 Å². The Morgan fingerprint density at radius 2 is 2.05 bits per heavy atom. The summed E-state index contributed by atoms with van der Waals surface area (Å²) in [5, 5.41) is 0. The quantitative estimate of drug-likeness (QED) is 0.803. The van der Waals surface area contributed by atoms with Crippen LogP contribution in [0.4, 0.5) is 0 Å². The molecule has 0 N–H and O–H groups in total. The van der Waals surface area contributed by atoms with Crippen molar-refractivity contribution < 1.29 is 9.53 Å². The Kier molecular flexibility index (Phi) is 6.31. The van der Waals surface area contributed by atoms with Crippen molar-refractivity contribution in [1.29, 1.82) is 0 Å². The van der Waals surface area contributed by atoms with Crippen molar-refractivity contribution >= 4 is 21.8 Å². The Labute approximate surface area is 123 Å². The molecule has 0 heterocycles. The lowest BCUT2D eigenvalue weighted by molar-refractivity contribution is -0.130. The fourth-order valence-corrected chi connectivity index (χ4v) is 2.13. The summed E-state index contributed by atoms with van der Waals surface area (Å²) in [7, 11) is 5.21. The van der Waals surface area contributed by atoms with E-state index in [0.29, 0.717) is 13.1 Å². The number of carbonyl (C=O) groups is 1. The zero-order chi connectivity index (χ0) is 14.4. The smallest absolute Gasteiger partial charge is 0.236 e. The van der Waals surface area contributed by atoms with Gasteiger partial charge in [-0.05, 0) is 24.7 Å². The average Bonchev–Trinajstić information content (AvgIpc) is 2.37. The predicted octanol–water partition coefficient (Wildman–Crippen LogP) is 2.37. The van der Waals surface area contributed by atoms with Gasteiger partial charge in [-0.15, -0.1) is 0 Å². The van der Waals surface area contributed by atoms with Crippen LogP contribution in [0, 0.1) is 0 Å². The van der Waals surface area contributed by atoms with Gasteiger partial charge in [-0.3, -0.25) is 9.69 Å². The van der Waals surface area contributed by atoms with Gasteiger partial charge in [-0.1, -0.05) is 22.9 Å². The summed E-state index contributed by atoms with van der Waals surface area (Å²) in [5.41, 5.74) is 1.07. The monoisotopic (exact) mass is 328 g/mol. The van der Waals surface area contributed by atoms with Crippen LogP contribution in [0.25, 0.3) is 0 Å². The van der Waals surface area contributed by atoms with Crippen molar-refractivity contribution in [2.75, 3.05) is 34.3 Å². The molecule has 0 atom stereocenters. The van der Waals surface area contributed by atoms with Gasteiger partial charge in [0, 0.05) is 30.7 Å². The van der Waals surface area contributed by atoms with Crippen LogP contribution in [0.1, 0.15) is 12.5 Å². The summed E-state index contributed by atoms with van der Waals surface area (Å²) in [6.07, 6.45) is 0. The molecule has 0 aromatic heterocycles. The number of hydrogen-bond donors (Lipinski definition) is 0. The SMILES string of the molecule is CCN(CC(=O)N(C)C)Cc1cc(Br)ccc1OC. The zero-order valence-corrected chi connectivity index (χ0v) is 13.5. The molecule has 0 aliphatic carbocycles. The van der Waals surface area contributed by atoms with E-state index in [9.17, 15) is 4.79 Å². The average molecular weight is 329 g/mol. The summed E-state index contributed by atoms with van der Waals surface area (Å²) in [6, 6.07) is 5.91. The molecule has 0 aliphatic rings. The van der Waals surface area contributed by atoms with Crippen molar-refractivity contribution in [3.63, 3.8) is 0 Å². The van der Waals surface area contributed by atoms with Gasteiger partial charge >= 0.3 is 0 Å². The van der Waals surface area contributed by atoms with Gasteiger partial charge in [-0.2, -0.15) is 0 Å². The van der Waals surface area contributed by atoms with E-state index < -0.39 is 0 Å². The minimum atomic E-state index is 0.107. The van der Waals surface area contributed by atoms with Crippen LogP contribution in [-0.2, 0) is 11.3 Å². The largest absolute Gasteiger partial charge is 0.496 e. The van der Waals surface area contributed by atoms with Crippen molar-refractivity contribution in [2.24, 2.45) is 0 Å². The third kappa shape index (κ3) is 4.84. The first-order valence-electron chi connectivity index (χ1n) is 6.22. The second-order valence-corrected chi connectivity index (χ2v) is 5.46. The molecule has 0 spiro atoms. The Hall–Kier alpha value is -1.07. The molecule has 0 bridgehead atoms. The Balaban J connectivity index is 2.80. The van der Waals surface area contributed by atoms with Gasteiger partial charge in [0.2, 0.25) is 5.91 Å². The molecule has 1 amide bonds. The molecule has 0 radical (unpaired) electrons. The number of halogens is 1. The van der Waals surface area contributed by atoms with Crippen LogP contribution in [0.3, 0.4) is 0 Å². The number of nitrogens with zero attached hydrogens (tertiary/aromatic N) is 2. The van der Waals surface area contributed by atoms with Crippen LogP contribution < -0.4 is 4.74 Å². The molecule has 0 fully saturated rings. The maximum Gasteiger partial charge on any atom is 0.236 e. The minimum absolute atomic E-state index is 0.107. The van der Waals surface area contributed by atoms with Crippen LogP contribution in [0.5, 0.6) is 5.75 Å². The number of amides is 1. The van der Waals surface area contributed by atoms with E-state index >= 15 is 0 Å². The van der Waals surface area contributed by atoms with E-state index in [1.807, 2.05) is 25.1 Å². The van der Waals surface area contributed by atoms with Crippen LogP contribution >= 0.6 is 15.9 Å². The first-order valence-corrected chi connectivity index (χ1v) is 7.02. The molecule has 1 aromatic carbocycles. The highest BCUT2D eigenvalue weighted by Gasteiger charge is 2.13. The van der Waals surface area contributed by atoms with Crippen molar-refractivity contribution in [3.8, 4) is 5.75 Å². The minimum Gasteiger partial charge on any atom is -0.496 e. The number of hydrogen-bond acceptors (Lipinski definition) is 3. The van der Waals surface area contributed by atoms with Gasteiger partial charge < -0.3 is 9.64 Å². The van der Waals surface area contributed by atoms with E-state index in [2.05, 4.69) is 20.8 Å². The summed E-state index contributed by atoms with van der Waals surface area (Å²) < 4.78 is 6.37. The molecule has 0 saturated heterocycles. The zero-order valence-electron chi connectivity index (χ0n) is 11.9. The second-order valence-electron chi connectivity index (χ2n) is 4.55. The third-order valence-corrected chi connectivity index (χ3v) is 3.43. The molecular weight excluding hydrogens is 308 g/mol. The van der Waals surface area contributed by atoms with Gasteiger partial charge in [0.25, 0.3) is 0 Å². The highest BCUT2D eigenvalue weighted by molar-refractivity contribution is 9.10. The maximum atomic E-state index is 11.8. The molecule has 106 valence electrons. The van der Waals surface area contributed by atoms with Gasteiger partial charge in [0.05, 0.1) is 13.7 Å². The summed E-state index contributed by atoms with van der Waals surface area (Å²) in [6.45, 7) is 3.97. The third-order valence-electron chi connectivity index (χ3n) is 2.94. The molecule has 1 rings (SSSR count). The molecular formula is C14H21BrN2O2. The topological polar surface area (TPSA) is 32.8 Å². The molecule has 0 saturated carbocycles. The number of likely N-dealkylation sites (N-methyl/N-ethyl adjacent to an activating group) is 2. The molecule has 5 heteroatoms. The Morgan fingerprint density at radius 3 is 2.58 bits per heavy atom. The standard InChI is InChI=1S/C14H21BrN2O2/c1-5-17(10-14(18)16(2)3)9-11-8-12(15)6-7-13(11)19-4/h6-8H,5,9-10H2,1-4H3. The van der Waals surface area contributed by atoms with Gasteiger partial charge in [0.15, 0.2) is 0 Å². The molecule has 4 nitrogen and oxygen atoms in total. The number of rotatable bonds is 6. The highest BCUT2D eigenvalue weighted by Crippen LogP contribution is 2.24. The fourth-order valence-electron chi connectivity index (χ4n) is 1.72. The van der Waals surface area contributed by atoms with Crippen LogP contribution in [-0.4, -0.2) is 50.0 Å². The summed E-state index contributed by atoms with van der Waals surface area (Å²) >= 11 is 3.46. The van der Waals surface area contributed by atoms with Crippen molar-refractivity contribution in [2.45, 2.75) is 13.5 Å². The lowest BCUT2D eigenvalue weighted by atomic mass is 10.2. The number of carbonyl (C=O) groups excluding carboxylic acids is 1. The summed E-state index contributed by atoms with van der Waals surface area (Å²) in [4.78, 5) is 15.5. The van der Waals surface area contributed by atoms with Gasteiger partial charge in [0.1, 0.15) is 5.75 Å². The molecule has 0 aliphatic heterocycles. The first kappa shape index (κ1) is 16.0. The van der Waals surface area contributed by atoms with E-state index in [0.717, 1.165) is 22.3 Å². The van der Waals surface area contributed by atoms with Crippen LogP contribution in [0.2, 0.25) is 0 Å². The van der Waals surface area contributed by atoms with Crippen LogP contribution in [0.15, 0.2) is 22.7 Å². The van der Waals surface area contributed by atoms with E-state index in [1.165, 1.54) is 0 Å². The predicted molar refractivity (Wildman–Crippen MR) is 80.3 cm³/mol. The van der Waals surface area contributed by atoms with Gasteiger partial charge in [-0.25, -0.2) is 0 Å². The highest BCUT2D eigenvalue weighted by atomic mass is 79.9. The number of methoxy groups -OCH3 is 1. The molecule has 0 unspecified atom stereocenters. The molecule has 1 aromatic rings. The maximum absolute atomic E-state index is 11.8. The normalized spacial score (nSPS) is 10.6. The number of benzene rings is 1. The van der Waals surface area contributed by atoms with E-state index in [-0.39, 0.29) is 5.91 Å². The van der Waals surface area contributed by atoms with E-state index in [4.69, 9.17) is 4.74 Å². The second kappa shape index (κ2) is 7.50. The summed E-state index contributed by atoms with van der Waals surface area (Å²) in [5.74, 6) is 0.953. The molecule has 19 heavy (non-hydrogen) atoms. The van der Waals surface area contributed by atoms with E-state index in [1.54, 1.807) is 26.1 Å². The number of ether oxygens (including phenoxy) is 1. The first-order chi connectivity index (χ1) is 8.97. The lowest BCUT2D eigenvalue weighted by Gasteiger charge is -2.23. The van der Waals surface area contributed by atoms with Crippen molar-refractivity contribution in [3.05, 3.63) is 28.2 Å².